The van der Waals surface area contributed by atoms with Crippen molar-refractivity contribution in [3.05, 3.63) is 51.7 Å². The Balaban J connectivity index is 1.95. The Morgan fingerprint density at radius 2 is 1.79 bits per heavy atom. The van der Waals surface area contributed by atoms with Crippen LogP contribution < -0.4 is 15.4 Å². The highest BCUT2D eigenvalue weighted by molar-refractivity contribution is 7.89. The van der Waals surface area contributed by atoms with Crippen molar-refractivity contribution in [2.45, 2.75) is 38.3 Å². The van der Waals surface area contributed by atoms with Gasteiger partial charge in [0.05, 0.1) is 24.6 Å². The zero-order valence-electron chi connectivity index (χ0n) is 17.2. The Morgan fingerprint density at radius 1 is 1.07 bits per heavy atom. The molecule has 0 spiro atoms. The number of aryl methyl sites for hydroxylation is 1. The summed E-state index contributed by atoms with van der Waals surface area (Å²) in [5.74, 6) is 0.733. The van der Waals surface area contributed by atoms with Gasteiger partial charge >= 0.3 is 0 Å². The van der Waals surface area contributed by atoms with Crippen LogP contribution in [-0.2, 0) is 34.3 Å². The van der Waals surface area contributed by atoms with E-state index in [2.05, 4.69) is 39.4 Å². The average molecular weight is 439 g/mol. The molecule has 1 aromatic heterocycles. The van der Waals surface area contributed by atoms with E-state index in [1.54, 1.807) is 35.6 Å². The summed E-state index contributed by atoms with van der Waals surface area (Å²) in [4.78, 5) is 7.47. The van der Waals surface area contributed by atoms with E-state index >= 15 is 0 Å². The van der Waals surface area contributed by atoms with Crippen molar-refractivity contribution in [1.29, 1.82) is 0 Å². The summed E-state index contributed by atoms with van der Waals surface area (Å²) in [6, 6.07) is 11.1. The van der Waals surface area contributed by atoms with Crippen LogP contribution in [0.25, 0.3) is 0 Å². The lowest BCUT2D eigenvalue weighted by Crippen LogP contribution is -2.36. The number of aliphatic imine (C=N–C) groups is 1. The van der Waals surface area contributed by atoms with E-state index < -0.39 is 10.0 Å². The van der Waals surface area contributed by atoms with Gasteiger partial charge in [-0.15, -0.1) is 11.3 Å². The molecular formula is C20H30N4O3S2. The monoisotopic (exact) mass is 438 g/mol. The van der Waals surface area contributed by atoms with Crippen LogP contribution in [0.1, 0.15) is 29.2 Å². The largest absolute Gasteiger partial charge is 0.383 e. The molecule has 0 saturated carbocycles. The number of ether oxygens (including phenoxy) is 1. The molecule has 2 rings (SSSR count). The van der Waals surface area contributed by atoms with Crippen molar-refractivity contribution in [1.82, 2.24) is 15.4 Å². The number of thiophene rings is 1. The molecule has 0 fully saturated rings. The molecule has 2 aromatic rings. The van der Waals surface area contributed by atoms with Gasteiger partial charge in [0.25, 0.3) is 0 Å². The molecule has 29 heavy (non-hydrogen) atoms. The quantitative estimate of drug-likeness (QED) is 0.285. The van der Waals surface area contributed by atoms with Gasteiger partial charge in [-0.2, -0.15) is 0 Å². The molecule has 0 aliphatic carbocycles. The number of sulfonamides is 1. The second-order valence-electron chi connectivity index (χ2n) is 6.30. The van der Waals surface area contributed by atoms with Crippen molar-refractivity contribution >= 4 is 27.3 Å². The number of rotatable bonds is 11. The molecule has 0 atom stereocenters. The van der Waals surface area contributed by atoms with Gasteiger partial charge in [0.15, 0.2) is 5.96 Å². The fourth-order valence-electron chi connectivity index (χ4n) is 2.53. The molecule has 0 amide bonds. The van der Waals surface area contributed by atoms with Crippen molar-refractivity contribution in [3.63, 3.8) is 0 Å². The number of guanidine groups is 1. The highest BCUT2D eigenvalue weighted by Gasteiger charge is 2.12. The van der Waals surface area contributed by atoms with Crippen LogP contribution in [0.15, 0.2) is 46.3 Å². The van der Waals surface area contributed by atoms with Crippen LogP contribution in [0.5, 0.6) is 0 Å². The maximum Gasteiger partial charge on any atom is 0.240 e. The minimum absolute atomic E-state index is 0.232. The van der Waals surface area contributed by atoms with Crippen LogP contribution >= 0.6 is 11.3 Å². The molecule has 0 aliphatic heterocycles. The summed E-state index contributed by atoms with van der Waals surface area (Å²) in [5, 5.41) is 6.57. The minimum atomic E-state index is -3.52. The van der Waals surface area contributed by atoms with E-state index in [0.717, 1.165) is 31.0 Å². The average Bonchev–Trinajstić information content (AvgIpc) is 3.18. The Morgan fingerprint density at radius 3 is 2.41 bits per heavy atom. The lowest BCUT2D eigenvalue weighted by Gasteiger charge is -2.11. The van der Waals surface area contributed by atoms with Gasteiger partial charge in [0, 0.05) is 30.0 Å². The molecule has 160 valence electrons. The van der Waals surface area contributed by atoms with Gasteiger partial charge in [0.2, 0.25) is 10.0 Å². The number of hydrogen-bond donors (Lipinski definition) is 3. The van der Waals surface area contributed by atoms with Crippen molar-refractivity contribution in [3.8, 4) is 0 Å². The zero-order valence-corrected chi connectivity index (χ0v) is 18.8. The minimum Gasteiger partial charge on any atom is -0.383 e. The highest BCUT2D eigenvalue weighted by atomic mass is 32.2. The molecule has 9 heteroatoms. The van der Waals surface area contributed by atoms with Crippen molar-refractivity contribution in [2.75, 3.05) is 26.8 Å². The number of nitrogens with zero attached hydrogens (tertiary/aromatic N) is 1. The zero-order chi connectivity index (χ0) is 21.1. The number of nitrogens with one attached hydrogen (secondary N) is 3. The Labute approximate surface area is 177 Å². The van der Waals surface area contributed by atoms with Crippen LogP contribution in [0.3, 0.4) is 0 Å². The summed E-state index contributed by atoms with van der Waals surface area (Å²) in [6.07, 6.45) is 1.05. The van der Waals surface area contributed by atoms with Gasteiger partial charge in [-0.25, -0.2) is 18.1 Å². The van der Waals surface area contributed by atoms with Gasteiger partial charge in [0.1, 0.15) is 0 Å². The maximum absolute atomic E-state index is 12.2. The van der Waals surface area contributed by atoms with E-state index in [-0.39, 0.29) is 11.4 Å². The van der Waals surface area contributed by atoms with Crippen molar-refractivity contribution in [2.24, 2.45) is 4.99 Å². The summed E-state index contributed by atoms with van der Waals surface area (Å²) in [5.41, 5.74) is 0.933. The van der Waals surface area contributed by atoms with Crippen molar-refractivity contribution < 1.29 is 13.2 Å². The first-order valence-electron chi connectivity index (χ1n) is 9.65. The van der Waals surface area contributed by atoms with Gasteiger partial charge in [-0.05, 0) is 43.2 Å². The van der Waals surface area contributed by atoms with E-state index in [1.165, 1.54) is 16.9 Å². The Kier molecular flexibility index (Phi) is 9.59. The first-order chi connectivity index (χ1) is 14.0. The third-order valence-corrected chi connectivity index (χ3v) is 6.80. The molecule has 7 nitrogen and oxygen atoms in total. The van der Waals surface area contributed by atoms with Crippen LogP contribution in [-0.4, -0.2) is 41.2 Å². The van der Waals surface area contributed by atoms with E-state index in [9.17, 15) is 8.42 Å². The SMILES string of the molecule is CCNC(=NCc1ccc(S(=O)(=O)NCCOC)cc1)NCc1ccc(CC)s1. The molecule has 0 aliphatic rings. The van der Waals surface area contributed by atoms with E-state index in [1.807, 2.05) is 6.92 Å². The van der Waals surface area contributed by atoms with Crippen LogP contribution in [0.2, 0.25) is 0 Å². The fraction of sp³-hybridized carbons (Fsp3) is 0.450. The molecule has 1 aromatic carbocycles. The predicted molar refractivity (Wildman–Crippen MR) is 119 cm³/mol. The summed E-state index contributed by atoms with van der Waals surface area (Å²) < 4.78 is 31.8. The number of benzene rings is 1. The van der Waals surface area contributed by atoms with Crippen LogP contribution in [0.4, 0.5) is 0 Å². The molecule has 1 heterocycles. The smallest absolute Gasteiger partial charge is 0.240 e. The molecule has 0 bridgehead atoms. The third kappa shape index (κ3) is 7.77. The Hall–Kier alpha value is -1.94. The van der Waals surface area contributed by atoms with E-state index in [0.29, 0.717) is 13.2 Å². The summed E-state index contributed by atoms with van der Waals surface area (Å²) in [7, 11) is -1.99. The van der Waals surface area contributed by atoms with Gasteiger partial charge in [-0.1, -0.05) is 19.1 Å². The topological polar surface area (TPSA) is 91.8 Å². The second-order valence-corrected chi connectivity index (χ2v) is 9.32. The molecule has 0 unspecified atom stereocenters. The lowest BCUT2D eigenvalue weighted by molar-refractivity contribution is 0.204. The summed E-state index contributed by atoms with van der Waals surface area (Å²) in [6.45, 7) is 6.69. The first-order valence-corrected chi connectivity index (χ1v) is 12.0. The van der Waals surface area contributed by atoms with Gasteiger partial charge < -0.3 is 15.4 Å². The standard InChI is InChI=1S/C20H30N4O3S2/c1-4-17-8-9-18(28-17)15-23-20(21-5-2)22-14-16-6-10-19(11-7-16)29(25,26)24-12-13-27-3/h6-11,24H,4-5,12-15H2,1-3H3,(H2,21,22,23). The number of hydrogen-bond acceptors (Lipinski definition) is 5. The normalized spacial score (nSPS) is 12.2. The molecule has 3 N–H and O–H groups in total. The third-order valence-electron chi connectivity index (χ3n) is 4.09. The highest BCUT2D eigenvalue weighted by Crippen LogP contribution is 2.16. The van der Waals surface area contributed by atoms with Crippen LogP contribution in [0, 0.1) is 0 Å². The molecule has 0 saturated heterocycles. The van der Waals surface area contributed by atoms with Gasteiger partial charge in [-0.3, -0.25) is 0 Å². The number of methoxy groups -OCH3 is 1. The predicted octanol–water partition coefficient (Wildman–Crippen LogP) is 2.49. The molecular weight excluding hydrogens is 408 g/mol. The van der Waals surface area contributed by atoms with E-state index in [4.69, 9.17) is 4.74 Å². The lowest BCUT2D eigenvalue weighted by atomic mass is 10.2. The maximum atomic E-state index is 12.2. The first kappa shape index (κ1) is 23.3. The Bertz CT molecular complexity index is 877. The second kappa shape index (κ2) is 11.9. The summed E-state index contributed by atoms with van der Waals surface area (Å²) >= 11 is 1.80. The fourth-order valence-corrected chi connectivity index (χ4v) is 4.44. The molecule has 0 radical (unpaired) electrons.